The molecule has 0 atom stereocenters. The molecule has 4 heteroatoms. The average Bonchev–Trinajstić information content (AvgIpc) is 2.35. The molecular formula is C14H9ClFIO. The highest BCUT2D eigenvalue weighted by Gasteiger charge is 2.12. The normalized spacial score (nSPS) is 10.4. The molecule has 0 radical (unpaired) electrons. The lowest BCUT2D eigenvalue weighted by Gasteiger charge is -2.05. The maximum Gasteiger partial charge on any atom is 0.167 e. The fourth-order valence-corrected chi connectivity index (χ4v) is 2.36. The molecule has 1 nitrogen and oxygen atoms in total. The van der Waals surface area contributed by atoms with Gasteiger partial charge in [0.2, 0.25) is 0 Å². The van der Waals surface area contributed by atoms with E-state index in [1.165, 1.54) is 6.07 Å². The fourth-order valence-electron chi connectivity index (χ4n) is 1.62. The quantitative estimate of drug-likeness (QED) is 0.571. The highest BCUT2D eigenvalue weighted by atomic mass is 127. The molecule has 18 heavy (non-hydrogen) atoms. The number of hydrogen-bond donors (Lipinski definition) is 0. The van der Waals surface area contributed by atoms with E-state index in [4.69, 9.17) is 11.6 Å². The smallest absolute Gasteiger partial charge is 0.167 e. The summed E-state index contributed by atoms with van der Waals surface area (Å²) in [5.74, 6) is -0.564. The predicted octanol–water partition coefficient (Wildman–Crippen LogP) is 4.51. The van der Waals surface area contributed by atoms with Gasteiger partial charge in [-0.2, -0.15) is 0 Å². The number of halogens is 3. The van der Waals surface area contributed by atoms with Crippen LogP contribution in [0.25, 0.3) is 0 Å². The van der Waals surface area contributed by atoms with Gasteiger partial charge in [0.15, 0.2) is 5.78 Å². The second-order valence-electron chi connectivity index (χ2n) is 3.82. The SMILES string of the molecule is O=C(Cc1cccc(F)c1Cl)c1cccc(I)c1. The Morgan fingerprint density at radius 2 is 1.94 bits per heavy atom. The van der Waals surface area contributed by atoms with Gasteiger partial charge < -0.3 is 0 Å². The number of hydrogen-bond acceptors (Lipinski definition) is 1. The zero-order valence-electron chi connectivity index (χ0n) is 9.29. The van der Waals surface area contributed by atoms with Crippen LogP contribution in [0.2, 0.25) is 5.02 Å². The molecule has 0 aliphatic rings. The van der Waals surface area contributed by atoms with Crippen molar-refractivity contribution in [2.24, 2.45) is 0 Å². The number of carbonyl (C=O) groups is 1. The Labute approximate surface area is 123 Å². The van der Waals surface area contributed by atoms with Crippen molar-refractivity contribution in [1.29, 1.82) is 0 Å². The van der Waals surface area contributed by atoms with Crippen LogP contribution in [0.3, 0.4) is 0 Å². The van der Waals surface area contributed by atoms with Crippen LogP contribution in [0, 0.1) is 9.39 Å². The molecule has 2 aromatic carbocycles. The monoisotopic (exact) mass is 374 g/mol. The third-order valence-electron chi connectivity index (χ3n) is 2.53. The molecule has 0 bridgehead atoms. The van der Waals surface area contributed by atoms with Gasteiger partial charge in [-0.25, -0.2) is 4.39 Å². The first-order chi connectivity index (χ1) is 8.58. The van der Waals surface area contributed by atoms with E-state index in [1.54, 1.807) is 24.3 Å². The molecule has 0 N–H and O–H groups in total. The van der Waals surface area contributed by atoms with Gasteiger partial charge in [0.1, 0.15) is 5.82 Å². The summed E-state index contributed by atoms with van der Waals surface area (Å²) in [5.41, 5.74) is 1.13. The zero-order valence-corrected chi connectivity index (χ0v) is 12.2. The maximum atomic E-state index is 13.3. The Morgan fingerprint density at radius 3 is 2.67 bits per heavy atom. The van der Waals surface area contributed by atoms with Crippen molar-refractivity contribution in [3.05, 3.63) is 68.0 Å². The van der Waals surface area contributed by atoms with Crippen molar-refractivity contribution < 1.29 is 9.18 Å². The molecule has 2 rings (SSSR count). The van der Waals surface area contributed by atoms with Gasteiger partial charge in [0.25, 0.3) is 0 Å². The van der Waals surface area contributed by atoms with Crippen LogP contribution >= 0.6 is 34.2 Å². The molecule has 2 aromatic rings. The zero-order chi connectivity index (χ0) is 13.1. The summed E-state index contributed by atoms with van der Waals surface area (Å²) in [6.07, 6.45) is 0.108. The van der Waals surface area contributed by atoms with Crippen molar-refractivity contribution in [1.82, 2.24) is 0 Å². The lowest BCUT2D eigenvalue weighted by molar-refractivity contribution is 0.0993. The summed E-state index contributed by atoms with van der Waals surface area (Å²) in [6.45, 7) is 0. The number of carbonyl (C=O) groups excluding carboxylic acids is 1. The second kappa shape index (κ2) is 5.80. The lowest BCUT2D eigenvalue weighted by Crippen LogP contribution is -2.04. The van der Waals surface area contributed by atoms with E-state index in [1.807, 2.05) is 12.1 Å². The Bertz CT molecular complexity index is 598. The van der Waals surface area contributed by atoms with Gasteiger partial charge in [0.05, 0.1) is 5.02 Å². The Hall–Kier alpha value is -0.940. The molecule has 0 aliphatic heterocycles. The first kappa shape index (κ1) is 13.5. The Balaban J connectivity index is 2.24. The maximum absolute atomic E-state index is 13.3. The highest BCUT2D eigenvalue weighted by molar-refractivity contribution is 14.1. The number of benzene rings is 2. The van der Waals surface area contributed by atoms with Crippen LogP contribution in [-0.4, -0.2) is 5.78 Å². The van der Waals surface area contributed by atoms with Crippen LogP contribution in [0.4, 0.5) is 4.39 Å². The fraction of sp³-hybridized carbons (Fsp3) is 0.0714. The van der Waals surface area contributed by atoms with Crippen LogP contribution in [0.15, 0.2) is 42.5 Å². The minimum absolute atomic E-state index is 0.0245. The topological polar surface area (TPSA) is 17.1 Å². The average molecular weight is 375 g/mol. The molecular weight excluding hydrogens is 366 g/mol. The molecule has 0 amide bonds. The van der Waals surface area contributed by atoms with Gasteiger partial charge in [0, 0.05) is 15.6 Å². The first-order valence-corrected chi connectivity index (χ1v) is 6.75. The van der Waals surface area contributed by atoms with Gasteiger partial charge in [-0.05, 0) is 46.4 Å². The van der Waals surface area contributed by atoms with E-state index in [0.29, 0.717) is 11.1 Å². The third kappa shape index (κ3) is 3.09. The predicted molar refractivity (Wildman–Crippen MR) is 78.6 cm³/mol. The Morgan fingerprint density at radius 1 is 1.22 bits per heavy atom. The molecule has 0 aliphatic carbocycles. The van der Waals surface area contributed by atoms with Crippen molar-refractivity contribution in [3.63, 3.8) is 0 Å². The minimum Gasteiger partial charge on any atom is -0.294 e. The Kier molecular flexibility index (Phi) is 4.35. The number of ketones is 1. The minimum atomic E-state index is -0.496. The summed E-state index contributed by atoms with van der Waals surface area (Å²) >= 11 is 7.97. The van der Waals surface area contributed by atoms with Gasteiger partial charge in [-0.3, -0.25) is 4.79 Å². The van der Waals surface area contributed by atoms with Crippen molar-refractivity contribution >= 4 is 40.0 Å². The largest absolute Gasteiger partial charge is 0.294 e. The molecule has 0 aromatic heterocycles. The molecule has 0 heterocycles. The van der Waals surface area contributed by atoms with E-state index < -0.39 is 5.82 Å². The van der Waals surface area contributed by atoms with Crippen LogP contribution in [0.5, 0.6) is 0 Å². The van der Waals surface area contributed by atoms with Crippen LogP contribution in [0.1, 0.15) is 15.9 Å². The molecule has 0 spiro atoms. The summed E-state index contributed by atoms with van der Waals surface area (Å²) in [6, 6.07) is 11.8. The molecule has 0 saturated heterocycles. The van der Waals surface area contributed by atoms with Crippen LogP contribution in [-0.2, 0) is 6.42 Å². The summed E-state index contributed by atoms with van der Waals surface area (Å²) < 4.78 is 14.2. The molecule has 0 unspecified atom stereocenters. The highest BCUT2D eigenvalue weighted by Crippen LogP contribution is 2.21. The van der Waals surface area contributed by atoms with Crippen molar-refractivity contribution in [2.75, 3.05) is 0 Å². The summed E-state index contributed by atoms with van der Waals surface area (Å²) in [5, 5.41) is 0.0245. The van der Waals surface area contributed by atoms with E-state index in [0.717, 1.165) is 3.57 Å². The lowest BCUT2D eigenvalue weighted by atomic mass is 10.0. The van der Waals surface area contributed by atoms with Crippen molar-refractivity contribution in [2.45, 2.75) is 6.42 Å². The van der Waals surface area contributed by atoms with E-state index >= 15 is 0 Å². The van der Waals surface area contributed by atoms with E-state index in [-0.39, 0.29) is 17.2 Å². The number of Topliss-reactive ketones (excluding diaryl/α,β-unsaturated/α-hetero) is 1. The standard InChI is InChI=1S/C14H9ClFIO/c15-14-10(4-2-6-12(14)16)8-13(18)9-3-1-5-11(17)7-9/h1-7H,8H2. The second-order valence-corrected chi connectivity index (χ2v) is 5.45. The molecule has 0 fully saturated rings. The molecule has 92 valence electrons. The molecule has 0 saturated carbocycles. The van der Waals surface area contributed by atoms with Crippen molar-refractivity contribution in [3.8, 4) is 0 Å². The first-order valence-electron chi connectivity index (χ1n) is 5.29. The third-order valence-corrected chi connectivity index (χ3v) is 3.62. The summed E-state index contributed by atoms with van der Waals surface area (Å²) in [4.78, 5) is 12.0. The summed E-state index contributed by atoms with van der Waals surface area (Å²) in [7, 11) is 0. The van der Waals surface area contributed by atoms with Gasteiger partial charge in [-0.1, -0.05) is 35.9 Å². The van der Waals surface area contributed by atoms with E-state index in [2.05, 4.69) is 22.6 Å². The number of rotatable bonds is 3. The van der Waals surface area contributed by atoms with Gasteiger partial charge >= 0.3 is 0 Å². The van der Waals surface area contributed by atoms with E-state index in [9.17, 15) is 9.18 Å². The van der Waals surface area contributed by atoms with Crippen LogP contribution < -0.4 is 0 Å². The van der Waals surface area contributed by atoms with Gasteiger partial charge in [-0.15, -0.1) is 0 Å².